The van der Waals surface area contributed by atoms with Gasteiger partial charge in [-0.2, -0.15) is 5.10 Å². The Morgan fingerprint density at radius 1 is 1.05 bits per heavy atom. The molecule has 1 aromatic heterocycles. The maximum atomic E-state index is 14.4. The minimum absolute atomic E-state index is 0.107. The predicted molar refractivity (Wildman–Crippen MR) is 148 cm³/mol. The van der Waals surface area contributed by atoms with Crippen LogP contribution in [-0.2, 0) is 9.59 Å². The lowest BCUT2D eigenvalue weighted by Gasteiger charge is -2.23. The molecular weight excluding hydrogens is 499 g/mol. The van der Waals surface area contributed by atoms with Gasteiger partial charge >= 0.3 is 0 Å². The number of rotatable bonds is 6. The molecular formula is C30H27FN4O2S. The van der Waals surface area contributed by atoms with E-state index in [-0.39, 0.29) is 41.2 Å². The lowest BCUT2D eigenvalue weighted by atomic mass is 9.99. The van der Waals surface area contributed by atoms with Crippen LogP contribution in [0.3, 0.4) is 0 Å². The van der Waals surface area contributed by atoms with Crippen LogP contribution >= 0.6 is 11.8 Å². The number of hydrogen-bond acceptors (Lipinski definition) is 4. The first kappa shape index (κ1) is 24.4. The van der Waals surface area contributed by atoms with Gasteiger partial charge in [0, 0.05) is 17.2 Å². The van der Waals surface area contributed by atoms with E-state index in [4.69, 9.17) is 5.10 Å². The van der Waals surface area contributed by atoms with Crippen LogP contribution in [0.5, 0.6) is 0 Å². The Bertz CT molecular complexity index is 1520. The van der Waals surface area contributed by atoms with E-state index in [0.29, 0.717) is 11.5 Å². The van der Waals surface area contributed by atoms with Gasteiger partial charge in [-0.05, 0) is 55.2 Å². The number of aromatic nitrogens is 2. The van der Waals surface area contributed by atoms with E-state index in [9.17, 15) is 14.0 Å². The Labute approximate surface area is 224 Å². The van der Waals surface area contributed by atoms with Gasteiger partial charge in [0.15, 0.2) is 0 Å². The second-order valence-corrected chi connectivity index (χ2v) is 10.9. The average molecular weight is 527 g/mol. The number of nitrogens with zero attached hydrogens (tertiary/aromatic N) is 3. The third kappa shape index (κ3) is 4.84. The highest BCUT2D eigenvalue weighted by Crippen LogP contribution is 2.48. The number of nitrogens with one attached hydrogen (secondary N) is 1. The summed E-state index contributed by atoms with van der Waals surface area (Å²) < 4.78 is 16.2. The van der Waals surface area contributed by atoms with Crippen LogP contribution in [0.2, 0.25) is 0 Å². The van der Waals surface area contributed by atoms with Crippen molar-refractivity contribution in [2.24, 2.45) is 0 Å². The molecule has 6 nitrogen and oxygen atoms in total. The van der Waals surface area contributed by atoms with Crippen molar-refractivity contribution in [3.63, 3.8) is 0 Å². The number of aryl methyl sites for hydroxylation is 1. The van der Waals surface area contributed by atoms with Crippen LogP contribution in [0.15, 0.2) is 78.9 Å². The van der Waals surface area contributed by atoms with Crippen molar-refractivity contribution >= 4 is 29.4 Å². The molecule has 3 aromatic carbocycles. The fourth-order valence-corrected chi connectivity index (χ4v) is 6.03. The minimum Gasteiger partial charge on any atom is -0.352 e. The smallest absolute Gasteiger partial charge is 0.240 e. The van der Waals surface area contributed by atoms with Crippen molar-refractivity contribution < 1.29 is 14.0 Å². The lowest BCUT2D eigenvalue weighted by Crippen LogP contribution is -2.43. The quantitative estimate of drug-likeness (QED) is 0.364. The van der Waals surface area contributed by atoms with Crippen LogP contribution in [0.25, 0.3) is 16.9 Å². The molecule has 6 rings (SSSR count). The zero-order valence-corrected chi connectivity index (χ0v) is 21.7. The van der Waals surface area contributed by atoms with E-state index in [1.54, 1.807) is 15.6 Å². The molecule has 1 atom stereocenters. The number of anilines is 1. The van der Waals surface area contributed by atoms with Crippen molar-refractivity contribution in [3.05, 3.63) is 101 Å². The van der Waals surface area contributed by atoms with E-state index >= 15 is 0 Å². The van der Waals surface area contributed by atoms with Crippen molar-refractivity contribution in [2.75, 3.05) is 17.2 Å². The monoisotopic (exact) mass is 526 g/mol. The number of thioether (sulfide) groups is 1. The Morgan fingerprint density at radius 2 is 1.84 bits per heavy atom. The first-order valence-corrected chi connectivity index (χ1v) is 13.7. The summed E-state index contributed by atoms with van der Waals surface area (Å²) in [5, 5.41) is 7.71. The van der Waals surface area contributed by atoms with Gasteiger partial charge < -0.3 is 5.32 Å². The van der Waals surface area contributed by atoms with Gasteiger partial charge in [-0.25, -0.2) is 9.07 Å². The third-order valence-electron chi connectivity index (χ3n) is 6.78. The summed E-state index contributed by atoms with van der Waals surface area (Å²) in [7, 11) is 0. The van der Waals surface area contributed by atoms with Crippen LogP contribution in [0.4, 0.5) is 10.2 Å². The van der Waals surface area contributed by atoms with E-state index < -0.39 is 0 Å². The number of fused-ring (bicyclic) bond motifs is 1. The first-order valence-electron chi connectivity index (χ1n) is 12.7. The molecule has 8 heteroatoms. The standard InChI is InChI=1S/C30H27FN4O2S/c1-19-7-5-12-24(15-19)35-30-27(28(33-35)20-8-3-2-4-9-20)29(21-10-6-11-22(31)16-21)38-18-26(37)34(30)17-25(36)32-23-13-14-23/h2-12,15-16,23,29H,13-14,17-18H2,1H3,(H,32,36)/t29-/m1/s1. The maximum Gasteiger partial charge on any atom is 0.240 e. The Hall–Kier alpha value is -3.91. The van der Waals surface area contributed by atoms with E-state index in [1.807, 2.05) is 67.6 Å². The van der Waals surface area contributed by atoms with Crippen LogP contribution in [-0.4, -0.2) is 39.9 Å². The topological polar surface area (TPSA) is 67.2 Å². The fraction of sp³-hybridized carbons (Fsp3) is 0.233. The summed E-state index contributed by atoms with van der Waals surface area (Å²) in [4.78, 5) is 28.2. The zero-order chi connectivity index (χ0) is 26.2. The average Bonchev–Trinajstić information content (AvgIpc) is 3.66. The van der Waals surface area contributed by atoms with Gasteiger partial charge in [0.05, 0.1) is 22.4 Å². The molecule has 2 amide bonds. The highest BCUT2D eigenvalue weighted by Gasteiger charge is 2.38. The minimum atomic E-state index is -0.366. The third-order valence-corrected chi connectivity index (χ3v) is 8.03. The molecule has 0 spiro atoms. The largest absolute Gasteiger partial charge is 0.352 e. The van der Waals surface area contributed by atoms with Crippen molar-refractivity contribution in [3.8, 4) is 16.9 Å². The molecule has 0 bridgehead atoms. The summed E-state index contributed by atoms with van der Waals surface area (Å²) in [6.07, 6.45) is 1.92. The van der Waals surface area contributed by atoms with Crippen LogP contribution in [0, 0.1) is 12.7 Å². The SMILES string of the molecule is Cc1cccc(-n2nc(-c3ccccc3)c3c2N(CC(=O)NC2CC2)C(=O)CS[C@@H]3c2cccc(F)c2)c1. The van der Waals surface area contributed by atoms with Gasteiger partial charge in [0.25, 0.3) is 0 Å². The molecule has 38 heavy (non-hydrogen) atoms. The summed E-state index contributed by atoms with van der Waals surface area (Å²) in [5.74, 6) is -0.0270. The summed E-state index contributed by atoms with van der Waals surface area (Å²) in [6, 6.07) is 24.4. The molecule has 2 heterocycles. The molecule has 192 valence electrons. The molecule has 1 aliphatic heterocycles. The van der Waals surface area contributed by atoms with Gasteiger partial charge in [-0.1, -0.05) is 54.6 Å². The Morgan fingerprint density at radius 3 is 2.58 bits per heavy atom. The molecule has 1 N–H and O–H groups in total. The molecule has 0 unspecified atom stereocenters. The zero-order valence-electron chi connectivity index (χ0n) is 20.9. The van der Waals surface area contributed by atoms with Crippen LogP contribution < -0.4 is 10.2 Å². The summed E-state index contributed by atoms with van der Waals surface area (Å²) in [6.45, 7) is 1.89. The second-order valence-electron chi connectivity index (χ2n) is 9.77. The van der Waals surface area contributed by atoms with E-state index in [0.717, 1.165) is 40.8 Å². The van der Waals surface area contributed by atoms with Gasteiger partial charge in [0.1, 0.15) is 18.2 Å². The van der Waals surface area contributed by atoms with Crippen molar-refractivity contribution in [1.82, 2.24) is 15.1 Å². The second kappa shape index (κ2) is 10.1. The Kier molecular flexibility index (Phi) is 6.49. The summed E-state index contributed by atoms with van der Waals surface area (Å²) >= 11 is 1.43. The molecule has 1 aliphatic carbocycles. The normalized spacial score (nSPS) is 17.2. The fourth-order valence-electron chi connectivity index (χ4n) is 4.85. The van der Waals surface area contributed by atoms with E-state index in [1.165, 1.54) is 23.9 Å². The van der Waals surface area contributed by atoms with E-state index in [2.05, 4.69) is 5.32 Å². The number of carbonyl (C=O) groups excluding carboxylic acids is 2. The van der Waals surface area contributed by atoms with Crippen LogP contribution in [0.1, 0.15) is 34.8 Å². The molecule has 4 aromatic rings. The number of halogens is 1. The van der Waals surface area contributed by atoms with Crippen molar-refractivity contribution in [1.29, 1.82) is 0 Å². The number of carbonyl (C=O) groups is 2. The molecule has 2 aliphatic rings. The van der Waals surface area contributed by atoms with Gasteiger partial charge in [-0.3, -0.25) is 14.5 Å². The van der Waals surface area contributed by atoms with Gasteiger partial charge in [-0.15, -0.1) is 11.8 Å². The molecule has 1 saturated carbocycles. The first-order chi connectivity index (χ1) is 18.5. The summed E-state index contributed by atoms with van der Waals surface area (Å²) in [5.41, 5.74) is 4.95. The molecule has 0 radical (unpaired) electrons. The number of benzene rings is 3. The van der Waals surface area contributed by atoms with Gasteiger partial charge in [0.2, 0.25) is 11.8 Å². The maximum absolute atomic E-state index is 14.4. The number of amides is 2. The molecule has 1 fully saturated rings. The molecule has 0 saturated heterocycles. The lowest BCUT2D eigenvalue weighted by molar-refractivity contribution is -0.123. The highest BCUT2D eigenvalue weighted by molar-refractivity contribution is 8.00. The predicted octanol–water partition coefficient (Wildman–Crippen LogP) is 5.43. The highest BCUT2D eigenvalue weighted by atomic mass is 32.2. The number of hydrogen-bond donors (Lipinski definition) is 1. The Balaban J connectivity index is 1.61. The van der Waals surface area contributed by atoms with Crippen molar-refractivity contribution in [2.45, 2.75) is 31.1 Å².